The number of methoxy groups -OCH3 is 1. The van der Waals surface area contributed by atoms with Crippen LogP contribution in [0.4, 0.5) is 0 Å². The molecule has 23 heavy (non-hydrogen) atoms. The molecule has 0 atom stereocenters. The molecule has 2 aromatic rings. The van der Waals surface area contributed by atoms with Gasteiger partial charge in [0.2, 0.25) is 5.91 Å². The average Bonchev–Trinajstić information content (AvgIpc) is 2.62. The average molecular weight is 311 g/mol. The van der Waals surface area contributed by atoms with Gasteiger partial charge in [-0.25, -0.2) is 0 Å². The van der Waals surface area contributed by atoms with E-state index in [1.54, 1.807) is 13.3 Å². The van der Waals surface area contributed by atoms with Crippen molar-refractivity contribution in [3.63, 3.8) is 0 Å². The first-order chi connectivity index (χ1) is 11.2. The summed E-state index contributed by atoms with van der Waals surface area (Å²) in [6, 6.07) is 11.6. The first kappa shape index (κ1) is 15.5. The van der Waals surface area contributed by atoms with Crippen LogP contribution in [-0.4, -0.2) is 31.1 Å². The molecule has 1 aromatic heterocycles. The molecule has 1 aromatic carbocycles. The molecule has 0 radical (unpaired) electrons. The molecular formula is C18H21N3O2. The highest BCUT2D eigenvalue weighted by Gasteiger charge is 2.39. The van der Waals surface area contributed by atoms with E-state index >= 15 is 0 Å². The minimum atomic E-state index is -0.614. The smallest absolute Gasteiger partial charge is 0.228 e. The van der Waals surface area contributed by atoms with Crippen LogP contribution < -0.4 is 15.8 Å². The Balaban J connectivity index is 1.97. The van der Waals surface area contributed by atoms with Gasteiger partial charge in [0.25, 0.3) is 0 Å². The lowest BCUT2D eigenvalue weighted by atomic mass is 9.73. The van der Waals surface area contributed by atoms with Gasteiger partial charge in [0.1, 0.15) is 5.75 Å². The van der Waals surface area contributed by atoms with Gasteiger partial charge in [-0.3, -0.25) is 9.78 Å². The summed E-state index contributed by atoms with van der Waals surface area (Å²) in [6.07, 6.45) is 3.19. The number of benzene rings is 1. The van der Waals surface area contributed by atoms with E-state index in [9.17, 15) is 4.79 Å². The molecule has 0 spiro atoms. The van der Waals surface area contributed by atoms with E-state index in [1.807, 2.05) is 36.4 Å². The number of nitrogens with zero attached hydrogens (tertiary/aromatic N) is 1. The van der Waals surface area contributed by atoms with Gasteiger partial charge < -0.3 is 15.8 Å². The van der Waals surface area contributed by atoms with Crippen molar-refractivity contribution in [3.8, 4) is 17.0 Å². The van der Waals surface area contributed by atoms with Gasteiger partial charge in [0, 0.05) is 11.8 Å². The summed E-state index contributed by atoms with van der Waals surface area (Å²) in [4.78, 5) is 16.6. The monoisotopic (exact) mass is 311 g/mol. The van der Waals surface area contributed by atoms with Crippen LogP contribution >= 0.6 is 0 Å². The van der Waals surface area contributed by atoms with E-state index in [0.717, 1.165) is 35.7 Å². The van der Waals surface area contributed by atoms with Gasteiger partial charge in [-0.05, 0) is 49.7 Å². The Labute approximate surface area is 135 Å². The van der Waals surface area contributed by atoms with Crippen molar-refractivity contribution >= 4 is 5.91 Å². The van der Waals surface area contributed by atoms with Gasteiger partial charge >= 0.3 is 0 Å². The number of rotatable bonds is 4. The highest BCUT2D eigenvalue weighted by Crippen LogP contribution is 2.34. The second kappa shape index (κ2) is 6.38. The number of hydrogen-bond donors (Lipinski definition) is 2. The molecule has 1 amide bonds. The number of ether oxygens (including phenoxy) is 1. The van der Waals surface area contributed by atoms with Gasteiger partial charge in [-0.15, -0.1) is 0 Å². The molecule has 1 fully saturated rings. The molecule has 1 saturated heterocycles. The number of carbonyl (C=O) groups excluding carboxylic acids is 1. The molecular weight excluding hydrogens is 290 g/mol. The summed E-state index contributed by atoms with van der Waals surface area (Å²) in [5.74, 6) is 0.505. The van der Waals surface area contributed by atoms with Crippen molar-refractivity contribution in [2.75, 3.05) is 20.2 Å². The van der Waals surface area contributed by atoms with Crippen molar-refractivity contribution < 1.29 is 9.53 Å². The molecule has 0 unspecified atom stereocenters. The molecule has 0 bridgehead atoms. The predicted octanol–water partition coefficient (Wildman–Crippen LogP) is 1.86. The molecule has 5 heteroatoms. The van der Waals surface area contributed by atoms with Gasteiger partial charge in [-0.1, -0.05) is 18.2 Å². The standard InChI is InChI=1S/C18H21N3O2/c1-23-16-5-3-2-4-14(16)15-7-6-13(12-21-15)18(17(19)22)8-10-20-11-9-18/h2-7,12,20H,8-11H2,1H3,(H2,19,22). The number of nitrogens with two attached hydrogens (primary N) is 1. The number of pyridine rings is 1. The van der Waals surface area contributed by atoms with Crippen LogP contribution in [0.3, 0.4) is 0 Å². The van der Waals surface area contributed by atoms with Crippen LogP contribution in [0.15, 0.2) is 42.6 Å². The highest BCUT2D eigenvalue weighted by molar-refractivity contribution is 5.87. The molecule has 5 nitrogen and oxygen atoms in total. The number of aromatic nitrogens is 1. The number of hydrogen-bond acceptors (Lipinski definition) is 4. The van der Waals surface area contributed by atoms with Crippen molar-refractivity contribution in [3.05, 3.63) is 48.2 Å². The SMILES string of the molecule is COc1ccccc1-c1ccc(C2(C(N)=O)CCNCC2)cn1. The third-order valence-electron chi connectivity index (χ3n) is 4.63. The third-order valence-corrected chi connectivity index (χ3v) is 4.63. The normalized spacial score (nSPS) is 16.7. The van der Waals surface area contributed by atoms with E-state index in [1.165, 1.54) is 0 Å². The molecule has 1 aliphatic rings. The number of nitrogens with one attached hydrogen (secondary N) is 1. The molecule has 2 heterocycles. The number of carbonyl (C=O) groups is 1. The lowest BCUT2D eigenvalue weighted by Gasteiger charge is -2.34. The Morgan fingerprint density at radius 2 is 1.96 bits per heavy atom. The Morgan fingerprint density at radius 3 is 2.57 bits per heavy atom. The maximum absolute atomic E-state index is 12.1. The zero-order valence-electron chi connectivity index (χ0n) is 13.2. The topological polar surface area (TPSA) is 77.2 Å². The summed E-state index contributed by atoms with van der Waals surface area (Å²) >= 11 is 0. The number of amides is 1. The van der Waals surface area contributed by atoms with Crippen molar-refractivity contribution in [1.29, 1.82) is 0 Å². The molecule has 1 aliphatic heterocycles. The molecule has 0 saturated carbocycles. The van der Waals surface area contributed by atoms with Crippen molar-refractivity contribution in [2.45, 2.75) is 18.3 Å². The summed E-state index contributed by atoms with van der Waals surface area (Å²) in [5.41, 5.74) is 7.74. The number of para-hydroxylation sites is 1. The lowest BCUT2D eigenvalue weighted by molar-refractivity contribution is -0.124. The highest BCUT2D eigenvalue weighted by atomic mass is 16.5. The third kappa shape index (κ3) is 2.80. The van der Waals surface area contributed by atoms with Crippen LogP contribution in [0.5, 0.6) is 5.75 Å². The van der Waals surface area contributed by atoms with Crippen molar-refractivity contribution in [1.82, 2.24) is 10.3 Å². The van der Waals surface area contributed by atoms with E-state index in [0.29, 0.717) is 12.8 Å². The summed E-state index contributed by atoms with van der Waals surface area (Å²) < 4.78 is 5.38. The number of piperidine rings is 1. The fourth-order valence-electron chi connectivity index (χ4n) is 3.22. The minimum Gasteiger partial charge on any atom is -0.496 e. The molecule has 0 aliphatic carbocycles. The second-order valence-electron chi connectivity index (χ2n) is 5.83. The molecule has 3 N–H and O–H groups in total. The Hall–Kier alpha value is -2.40. The first-order valence-corrected chi connectivity index (χ1v) is 7.78. The molecule has 3 rings (SSSR count). The fraction of sp³-hybridized carbons (Fsp3) is 0.333. The lowest BCUT2D eigenvalue weighted by Crippen LogP contribution is -2.48. The summed E-state index contributed by atoms with van der Waals surface area (Å²) in [7, 11) is 1.64. The van der Waals surface area contributed by atoms with Crippen LogP contribution in [-0.2, 0) is 10.2 Å². The van der Waals surface area contributed by atoms with Gasteiger partial charge in [-0.2, -0.15) is 0 Å². The fourth-order valence-corrected chi connectivity index (χ4v) is 3.22. The van der Waals surface area contributed by atoms with Crippen LogP contribution in [0.2, 0.25) is 0 Å². The zero-order valence-corrected chi connectivity index (χ0v) is 13.2. The van der Waals surface area contributed by atoms with Gasteiger partial charge in [0.05, 0.1) is 18.2 Å². The maximum Gasteiger partial charge on any atom is 0.228 e. The molecule has 120 valence electrons. The van der Waals surface area contributed by atoms with Crippen LogP contribution in [0.25, 0.3) is 11.3 Å². The van der Waals surface area contributed by atoms with E-state index < -0.39 is 5.41 Å². The largest absolute Gasteiger partial charge is 0.496 e. The number of primary amides is 1. The van der Waals surface area contributed by atoms with Crippen molar-refractivity contribution in [2.24, 2.45) is 5.73 Å². The summed E-state index contributed by atoms with van der Waals surface area (Å²) in [5, 5.41) is 3.27. The van der Waals surface area contributed by atoms with Crippen LogP contribution in [0, 0.1) is 0 Å². The maximum atomic E-state index is 12.1. The quantitative estimate of drug-likeness (QED) is 0.903. The summed E-state index contributed by atoms with van der Waals surface area (Å²) in [6.45, 7) is 1.58. The van der Waals surface area contributed by atoms with Crippen LogP contribution in [0.1, 0.15) is 18.4 Å². The van der Waals surface area contributed by atoms with Gasteiger partial charge in [0.15, 0.2) is 0 Å². The first-order valence-electron chi connectivity index (χ1n) is 7.78. The minimum absolute atomic E-state index is 0.272. The zero-order chi connectivity index (χ0) is 16.3. The Bertz CT molecular complexity index is 692. The second-order valence-corrected chi connectivity index (χ2v) is 5.83. The Kier molecular flexibility index (Phi) is 4.30. The van der Waals surface area contributed by atoms with E-state index in [2.05, 4.69) is 10.3 Å². The van der Waals surface area contributed by atoms with E-state index in [-0.39, 0.29) is 5.91 Å². The predicted molar refractivity (Wildman–Crippen MR) is 89.2 cm³/mol. The Morgan fingerprint density at radius 1 is 1.22 bits per heavy atom. The van der Waals surface area contributed by atoms with E-state index in [4.69, 9.17) is 10.5 Å².